The zero-order chi connectivity index (χ0) is 7.52. The Labute approximate surface area is 71.3 Å². The van der Waals surface area contributed by atoms with E-state index in [4.69, 9.17) is 4.74 Å². The van der Waals surface area contributed by atoms with Gasteiger partial charge in [0.2, 0.25) is 0 Å². The maximum atomic E-state index is 5.72. The normalized spacial score (nSPS) is 33.3. The Hall–Kier alpha value is 0.177. The molecule has 1 heterocycles. The number of hydrogen-bond acceptors (Lipinski definition) is 1. The van der Waals surface area contributed by atoms with Crippen LogP contribution in [0.25, 0.3) is 0 Å². The van der Waals surface area contributed by atoms with Crippen molar-refractivity contribution in [2.75, 3.05) is 6.61 Å². The van der Waals surface area contributed by atoms with E-state index in [-0.39, 0.29) is 9.52 Å². The molecule has 2 fully saturated rings. The minimum absolute atomic E-state index is 0.158. The molecule has 0 aromatic rings. The fraction of sp³-hybridized carbons (Fsp3) is 1.00. The van der Waals surface area contributed by atoms with Crippen molar-refractivity contribution in [3.05, 3.63) is 0 Å². The zero-order valence-corrected chi connectivity index (χ0v) is 8.63. The van der Waals surface area contributed by atoms with Gasteiger partial charge in [-0.1, -0.05) is 18.9 Å². The monoisotopic (exact) mass is 170 g/mol. The first-order valence-electron chi connectivity index (χ1n) is 5.07. The van der Waals surface area contributed by atoms with Crippen LogP contribution >= 0.6 is 0 Å². The summed E-state index contributed by atoms with van der Waals surface area (Å²) >= 11 is 0. The first kappa shape index (κ1) is 7.81. The summed E-state index contributed by atoms with van der Waals surface area (Å²) in [6, 6.07) is 1.57. The van der Waals surface area contributed by atoms with Gasteiger partial charge in [-0.05, 0) is 25.2 Å². The van der Waals surface area contributed by atoms with Crippen LogP contribution in [-0.2, 0) is 4.74 Å². The average Bonchev–Trinajstić information content (AvgIpc) is 2.86. The Morgan fingerprint density at radius 2 is 2.09 bits per heavy atom. The lowest BCUT2D eigenvalue weighted by Gasteiger charge is -2.21. The van der Waals surface area contributed by atoms with Crippen LogP contribution in [0.1, 0.15) is 32.1 Å². The third-order valence-electron chi connectivity index (χ3n) is 2.87. The highest BCUT2D eigenvalue weighted by atomic mass is 28.2. The van der Waals surface area contributed by atoms with Crippen LogP contribution in [0.5, 0.6) is 0 Å². The van der Waals surface area contributed by atoms with Gasteiger partial charge in [-0.25, -0.2) is 0 Å². The summed E-state index contributed by atoms with van der Waals surface area (Å²) in [7, 11) is 0.158. The van der Waals surface area contributed by atoms with E-state index in [9.17, 15) is 0 Å². The van der Waals surface area contributed by atoms with Gasteiger partial charge in [0.05, 0.1) is 9.52 Å². The van der Waals surface area contributed by atoms with Gasteiger partial charge in [-0.2, -0.15) is 0 Å². The van der Waals surface area contributed by atoms with Crippen LogP contribution in [0, 0.1) is 5.92 Å². The van der Waals surface area contributed by atoms with E-state index < -0.39 is 0 Å². The summed E-state index contributed by atoms with van der Waals surface area (Å²) in [4.78, 5) is 0. The van der Waals surface area contributed by atoms with Crippen molar-refractivity contribution in [3.8, 4) is 0 Å². The summed E-state index contributed by atoms with van der Waals surface area (Å²) in [6.07, 6.45) is 7.19. The summed E-state index contributed by atoms with van der Waals surface area (Å²) in [5, 5.41) is 0. The molecule has 1 aliphatic heterocycles. The Balaban J connectivity index is 1.59. The van der Waals surface area contributed by atoms with E-state index in [1.165, 1.54) is 32.1 Å². The maximum absolute atomic E-state index is 5.72. The molecule has 1 nitrogen and oxygen atoms in total. The Bertz CT molecular complexity index is 117. The molecule has 0 spiro atoms. The van der Waals surface area contributed by atoms with E-state index in [2.05, 4.69) is 0 Å². The van der Waals surface area contributed by atoms with Gasteiger partial charge in [-0.15, -0.1) is 0 Å². The summed E-state index contributed by atoms with van der Waals surface area (Å²) in [5.41, 5.74) is 0.768. The number of rotatable bonds is 3. The summed E-state index contributed by atoms with van der Waals surface area (Å²) < 4.78 is 5.72. The standard InChI is InChI=1S/C9H18OSi/c1-2-6-10-9(3-1)11-7-8-4-5-8/h8-9H,1-7,11H2. The fourth-order valence-corrected chi connectivity index (χ4v) is 4.19. The molecule has 2 rings (SSSR count). The van der Waals surface area contributed by atoms with E-state index in [0.29, 0.717) is 0 Å². The van der Waals surface area contributed by atoms with Crippen molar-refractivity contribution in [2.45, 2.75) is 43.9 Å². The Morgan fingerprint density at radius 3 is 2.73 bits per heavy atom. The van der Waals surface area contributed by atoms with Crippen molar-refractivity contribution in [2.24, 2.45) is 5.92 Å². The molecule has 2 heteroatoms. The van der Waals surface area contributed by atoms with Crippen LogP contribution in [0.15, 0.2) is 0 Å². The minimum Gasteiger partial charge on any atom is -0.382 e. The molecule has 1 aliphatic carbocycles. The lowest BCUT2D eigenvalue weighted by molar-refractivity contribution is 0.0649. The van der Waals surface area contributed by atoms with Crippen LogP contribution in [-0.4, -0.2) is 21.9 Å². The molecule has 0 aromatic heterocycles. The lowest BCUT2D eigenvalue weighted by atomic mass is 10.2. The summed E-state index contributed by atoms with van der Waals surface area (Å²) in [5.74, 6) is 1.15. The quantitative estimate of drug-likeness (QED) is 0.583. The van der Waals surface area contributed by atoms with Gasteiger partial charge >= 0.3 is 0 Å². The van der Waals surface area contributed by atoms with E-state index in [0.717, 1.165) is 18.3 Å². The third-order valence-corrected chi connectivity index (χ3v) is 5.31. The summed E-state index contributed by atoms with van der Waals surface area (Å²) in [6.45, 7) is 1.06. The second-order valence-electron chi connectivity index (χ2n) is 4.01. The lowest BCUT2D eigenvalue weighted by Crippen LogP contribution is -2.25. The van der Waals surface area contributed by atoms with Crippen molar-refractivity contribution in [1.82, 2.24) is 0 Å². The van der Waals surface area contributed by atoms with Crippen LogP contribution in [0.4, 0.5) is 0 Å². The first-order valence-corrected chi connectivity index (χ1v) is 6.88. The van der Waals surface area contributed by atoms with E-state index >= 15 is 0 Å². The molecule has 0 aromatic carbocycles. The van der Waals surface area contributed by atoms with Crippen LogP contribution in [0.2, 0.25) is 6.04 Å². The molecular formula is C9H18OSi. The molecule has 2 aliphatic rings. The third kappa shape index (κ3) is 2.60. The average molecular weight is 170 g/mol. The molecule has 0 radical (unpaired) electrons. The first-order chi connectivity index (χ1) is 5.45. The van der Waals surface area contributed by atoms with Gasteiger partial charge in [0.1, 0.15) is 0 Å². The van der Waals surface area contributed by atoms with E-state index in [1.807, 2.05) is 0 Å². The zero-order valence-electron chi connectivity index (χ0n) is 7.22. The molecule has 0 N–H and O–H groups in total. The van der Waals surface area contributed by atoms with Crippen molar-refractivity contribution in [3.63, 3.8) is 0 Å². The Kier molecular flexibility index (Phi) is 2.64. The molecule has 64 valence electrons. The molecule has 1 unspecified atom stereocenters. The van der Waals surface area contributed by atoms with Crippen LogP contribution in [0.3, 0.4) is 0 Å². The molecule has 0 amide bonds. The minimum atomic E-state index is 0.158. The van der Waals surface area contributed by atoms with Crippen molar-refractivity contribution >= 4 is 9.52 Å². The fourth-order valence-electron chi connectivity index (χ4n) is 1.86. The second kappa shape index (κ2) is 3.72. The highest BCUT2D eigenvalue weighted by Crippen LogP contribution is 2.33. The van der Waals surface area contributed by atoms with Gasteiger partial charge in [0.25, 0.3) is 0 Å². The SMILES string of the molecule is C1CCC([SiH2]CC2CC2)OC1. The van der Waals surface area contributed by atoms with Gasteiger partial charge < -0.3 is 4.74 Å². The second-order valence-corrected chi connectivity index (χ2v) is 6.07. The topological polar surface area (TPSA) is 9.23 Å². The van der Waals surface area contributed by atoms with Gasteiger partial charge in [0.15, 0.2) is 0 Å². The molecular weight excluding hydrogens is 152 g/mol. The van der Waals surface area contributed by atoms with Gasteiger partial charge in [-0.3, -0.25) is 0 Å². The number of hydrogen-bond donors (Lipinski definition) is 0. The Morgan fingerprint density at radius 1 is 1.18 bits per heavy atom. The molecule has 1 saturated carbocycles. The van der Waals surface area contributed by atoms with E-state index in [1.54, 1.807) is 6.04 Å². The highest BCUT2D eigenvalue weighted by Gasteiger charge is 2.23. The van der Waals surface area contributed by atoms with Crippen molar-refractivity contribution < 1.29 is 4.74 Å². The largest absolute Gasteiger partial charge is 0.382 e. The molecule has 1 atom stereocenters. The molecule has 1 saturated heterocycles. The maximum Gasteiger partial charge on any atom is 0.0558 e. The molecule has 0 bridgehead atoms. The smallest absolute Gasteiger partial charge is 0.0558 e. The molecule has 11 heavy (non-hydrogen) atoms. The van der Waals surface area contributed by atoms with Gasteiger partial charge in [0, 0.05) is 12.3 Å². The number of ether oxygens (including phenoxy) is 1. The van der Waals surface area contributed by atoms with Crippen molar-refractivity contribution in [1.29, 1.82) is 0 Å². The van der Waals surface area contributed by atoms with Crippen LogP contribution < -0.4 is 0 Å². The predicted octanol–water partition coefficient (Wildman–Crippen LogP) is 1.51. The highest BCUT2D eigenvalue weighted by molar-refractivity contribution is 6.37. The predicted molar refractivity (Wildman–Crippen MR) is 49.7 cm³/mol.